The molecule has 1 aliphatic rings. The lowest BCUT2D eigenvalue weighted by atomic mass is 10.0. The Morgan fingerprint density at radius 3 is 2.78 bits per heavy atom. The van der Waals surface area contributed by atoms with E-state index in [1.54, 1.807) is 6.33 Å². The number of benzene rings is 1. The van der Waals surface area contributed by atoms with Gasteiger partial charge < -0.3 is 14.3 Å². The van der Waals surface area contributed by atoms with Crippen LogP contribution in [0.2, 0.25) is 0 Å². The molecule has 4 rings (SSSR count). The van der Waals surface area contributed by atoms with Gasteiger partial charge >= 0.3 is 0 Å². The summed E-state index contributed by atoms with van der Waals surface area (Å²) < 4.78 is 5.30. The lowest BCUT2D eigenvalue weighted by Gasteiger charge is -2.41. The highest BCUT2D eigenvalue weighted by atomic mass is 16.5. The van der Waals surface area contributed by atoms with Crippen LogP contribution in [0, 0.1) is 6.92 Å². The highest BCUT2D eigenvalue weighted by Crippen LogP contribution is 2.34. The first kappa shape index (κ1) is 14.1. The molecule has 23 heavy (non-hydrogen) atoms. The molecule has 0 saturated carbocycles. The molecule has 6 nitrogen and oxygen atoms in total. The van der Waals surface area contributed by atoms with Gasteiger partial charge in [0.1, 0.15) is 17.5 Å². The number of fused-ring (bicyclic) bond motifs is 1. The summed E-state index contributed by atoms with van der Waals surface area (Å²) in [6.07, 6.45) is 1.56. The van der Waals surface area contributed by atoms with Crippen molar-refractivity contribution in [1.82, 2.24) is 20.0 Å². The predicted molar refractivity (Wildman–Crippen MR) is 88.4 cm³/mol. The van der Waals surface area contributed by atoms with Crippen LogP contribution in [0.15, 0.2) is 41.2 Å². The van der Waals surface area contributed by atoms with Gasteiger partial charge in [-0.05, 0) is 19.5 Å². The zero-order chi connectivity index (χ0) is 15.8. The third-order valence-electron chi connectivity index (χ3n) is 4.46. The maximum Gasteiger partial charge on any atom is 0.263 e. The van der Waals surface area contributed by atoms with Crippen LogP contribution in [0.5, 0.6) is 0 Å². The van der Waals surface area contributed by atoms with E-state index in [4.69, 9.17) is 4.52 Å². The molecule has 6 heteroatoms. The highest BCUT2D eigenvalue weighted by molar-refractivity contribution is 5.88. The highest BCUT2D eigenvalue weighted by Gasteiger charge is 2.30. The van der Waals surface area contributed by atoms with E-state index in [0.29, 0.717) is 5.71 Å². The average Bonchev–Trinajstić information content (AvgIpc) is 2.97. The smallest absolute Gasteiger partial charge is 0.263 e. The van der Waals surface area contributed by atoms with Gasteiger partial charge in [0.25, 0.3) is 5.71 Å². The van der Waals surface area contributed by atoms with Gasteiger partial charge in [-0.25, -0.2) is 4.98 Å². The Kier molecular flexibility index (Phi) is 3.46. The van der Waals surface area contributed by atoms with Crippen LogP contribution >= 0.6 is 0 Å². The van der Waals surface area contributed by atoms with Gasteiger partial charge in [0, 0.05) is 19.6 Å². The topological polar surface area (TPSA) is 58.3 Å². The van der Waals surface area contributed by atoms with Crippen molar-refractivity contribution < 1.29 is 4.52 Å². The monoisotopic (exact) mass is 309 g/mol. The van der Waals surface area contributed by atoms with Crippen molar-refractivity contribution in [2.24, 2.45) is 0 Å². The number of piperazine rings is 1. The van der Waals surface area contributed by atoms with Gasteiger partial charge in [0.2, 0.25) is 0 Å². The molecule has 0 aliphatic carbocycles. The SMILES string of the molecule is Cc1noc2ncnc(N3CCN(C)CC3c3ccccc3)c12. The Labute approximate surface area is 134 Å². The molecule has 1 saturated heterocycles. The van der Waals surface area contributed by atoms with Crippen molar-refractivity contribution in [2.75, 3.05) is 31.6 Å². The molecule has 0 N–H and O–H groups in total. The van der Waals surface area contributed by atoms with Crippen LogP contribution in [0.1, 0.15) is 17.3 Å². The number of likely N-dealkylation sites (N-methyl/N-ethyl adjacent to an activating group) is 1. The number of nitrogens with zero attached hydrogens (tertiary/aromatic N) is 5. The minimum atomic E-state index is 0.252. The molecule has 3 aromatic rings. The third-order valence-corrected chi connectivity index (χ3v) is 4.46. The van der Waals surface area contributed by atoms with Crippen molar-refractivity contribution >= 4 is 16.9 Å². The number of aromatic nitrogens is 3. The van der Waals surface area contributed by atoms with Gasteiger partial charge in [-0.15, -0.1) is 0 Å². The van der Waals surface area contributed by atoms with Gasteiger partial charge in [0.15, 0.2) is 0 Å². The van der Waals surface area contributed by atoms with Gasteiger partial charge in [-0.2, -0.15) is 4.98 Å². The zero-order valence-corrected chi connectivity index (χ0v) is 13.3. The van der Waals surface area contributed by atoms with Crippen molar-refractivity contribution in [3.63, 3.8) is 0 Å². The summed E-state index contributed by atoms with van der Waals surface area (Å²) in [5.74, 6) is 0.913. The number of anilines is 1. The number of hydrogen-bond donors (Lipinski definition) is 0. The van der Waals surface area contributed by atoms with E-state index in [2.05, 4.69) is 56.2 Å². The molecule has 1 aliphatic heterocycles. The van der Waals surface area contributed by atoms with Crippen LogP contribution in [-0.2, 0) is 0 Å². The maximum absolute atomic E-state index is 5.30. The van der Waals surface area contributed by atoms with E-state index in [-0.39, 0.29) is 6.04 Å². The Bertz CT molecular complexity index is 816. The van der Waals surface area contributed by atoms with Crippen molar-refractivity contribution in [3.05, 3.63) is 47.9 Å². The summed E-state index contributed by atoms with van der Waals surface area (Å²) >= 11 is 0. The van der Waals surface area contributed by atoms with Crippen LogP contribution in [0.3, 0.4) is 0 Å². The van der Waals surface area contributed by atoms with E-state index in [1.807, 2.05) is 13.0 Å². The third kappa shape index (κ3) is 2.45. The van der Waals surface area contributed by atoms with E-state index in [0.717, 1.165) is 36.5 Å². The van der Waals surface area contributed by atoms with Crippen LogP contribution in [-0.4, -0.2) is 46.7 Å². The molecular formula is C17H19N5O. The largest absolute Gasteiger partial charge is 0.346 e. The zero-order valence-electron chi connectivity index (χ0n) is 13.3. The fourth-order valence-corrected chi connectivity index (χ4v) is 3.26. The summed E-state index contributed by atoms with van der Waals surface area (Å²) in [4.78, 5) is 13.5. The molecule has 1 atom stereocenters. The Morgan fingerprint density at radius 1 is 1.13 bits per heavy atom. The molecule has 0 radical (unpaired) electrons. The normalized spacial score (nSPS) is 19.4. The van der Waals surface area contributed by atoms with Crippen molar-refractivity contribution in [2.45, 2.75) is 13.0 Å². The Morgan fingerprint density at radius 2 is 1.96 bits per heavy atom. The number of hydrogen-bond acceptors (Lipinski definition) is 6. The van der Waals surface area contributed by atoms with Crippen LogP contribution in [0.25, 0.3) is 11.1 Å². The average molecular weight is 309 g/mol. The lowest BCUT2D eigenvalue weighted by Crippen LogP contribution is -2.47. The lowest BCUT2D eigenvalue weighted by molar-refractivity contribution is 0.268. The Hall–Kier alpha value is -2.47. The first-order valence-corrected chi connectivity index (χ1v) is 7.81. The van der Waals surface area contributed by atoms with E-state index in [9.17, 15) is 0 Å². The minimum Gasteiger partial charge on any atom is -0.346 e. The quantitative estimate of drug-likeness (QED) is 0.724. The molecule has 1 aromatic carbocycles. The summed E-state index contributed by atoms with van der Waals surface area (Å²) in [6, 6.07) is 10.8. The van der Waals surface area contributed by atoms with Gasteiger partial charge in [-0.1, -0.05) is 35.5 Å². The van der Waals surface area contributed by atoms with Gasteiger partial charge in [0.05, 0.1) is 11.7 Å². The van der Waals surface area contributed by atoms with Crippen LogP contribution in [0.4, 0.5) is 5.82 Å². The van der Waals surface area contributed by atoms with E-state index >= 15 is 0 Å². The summed E-state index contributed by atoms with van der Waals surface area (Å²) in [6.45, 7) is 4.80. The van der Waals surface area contributed by atoms with Gasteiger partial charge in [-0.3, -0.25) is 0 Å². The maximum atomic E-state index is 5.30. The summed E-state index contributed by atoms with van der Waals surface area (Å²) in [7, 11) is 2.16. The molecular weight excluding hydrogens is 290 g/mol. The Balaban J connectivity index is 1.82. The minimum absolute atomic E-state index is 0.252. The fraction of sp³-hybridized carbons (Fsp3) is 0.353. The first-order valence-electron chi connectivity index (χ1n) is 7.81. The molecule has 118 valence electrons. The first-order chi connectivity index (χ1) is 11.2. The second-order valence-electron chi connectivity index (χ2n) is 6.03. The predicted octanol–water partition coefficient (Wildman–Crippen LogP) is 2.42. The second-order valence-corrected chi connectivity index (χ2v) is 6.03. The summed E-state index contributed by atoms with van der Waals surface area (Å²) in [5, 5.41) is 4.96. The molecule has 1 unspecified atom stereocenters. The van der Waals surface area contributed by atoms with Crippen molar-refractivity contribution in [1.29, 1.82) is 0 Å². The van der Waals surface area contributed by atoms with Crippen molar-refractivity contribution in [3.8, 4) is 0 Å². The summed E-state index contributed by atoms with van der Waals surface area (Å²) in [5.41, 5.74) is 2.68. The molecule has 0 amide bonds. The van der Waals surface area contributed by atoms with E-state index in [1.165, 1.54) is 5.56 Å². The van der Waals surface area contributed by atoms with E-state index < -0.39 is 0 Å². The van der Waals surface area contributed by atoms with Crippen LogP contribution < -0.4 is 4.90 Å². The standard InChI is InChI=1S/C17H19N5O/c1-12-15-16(18-11-19-17(15)23-20-12)22-9-8-21(2)10-14(22)13-6-4-3-5-7-13/h3-7,11,14H,8-10H2,1-2H3. The fourth-order valence-electron chi connectivity index (χ4n) is 3.26. The molecule has 0 spiro atoms. The number of rotatable bonds is 2. The molecule has 0 bridgehead atoms. The number of aryl methyl sites for hydroxylation is 1. The molecule has 1 fully saturated rings. The molecule has 2 aromatic heterocycles. The molecule has 3 heterocycles. The second kappa shape index (κ2) is 5.62.